The summed E-state index contributed by atoms with van der Waals surface area (Å²) in [6.07, 6.45) is 0. The van der Waals surface area contributed by atoms with E-state index in [4.69, 9.17) is 5.73 Å². The molecule has 0 aliphatic carbocycles. The third kappa shape index (κ3) is 6.97. The summed E-state index contributed by atoms with van der Waals surface area (Å²) in [6, 6.07) is 10.5. The Labute approximate surface area is 146 Å². The van der Waals surface area contributed by atoms with Gasteiger partial charge in [-0.2, -0.15) is 0 Å². The second-order valence-corrected chi connectivity index (χ2v) is 5.03. The number of nitrogens with zero attached hydrogens (tertiary/aromatic N) is 1. The number of benzene rings is 1. The second kappa shape index (κ2) is 12.7. The van der Waals surface area contributed by atoms with Crippen molar-refractivity contribution in [3.63, 3.8) is 0 Å². The van der Waals surface area contributed by atoms with Crippen LogP contribution in [0.3, 0.4) is 0 Å². The molecule has 0 bridgehead atoms. The van der Waals surface area contributed by atoms with E-state index in [0.29, 0.717) is 13.1 Å². The number of nitrogens with one attached hydrogen (secondary N) is 1. The van der Waals surface area contributed by atoms with Gasteiger partial charge in [-0.25, -0.2) is 0 Å². The molecule has 1 amide bonds. The monoisotopic (exact) mass is 349 g/mol. The predicted molar refractivity (Wildman–Crippen MR) is 97.8 cm³/mol. The molecule has 4 nitrogen and oxygen atoms in total. The first-order valence-corrected chi connectivity index (χ1v) is 7.40. The smallest absolute Gasteiger partial charge is 0.224 e. The van der Waals surface area contributed by atoms with E-state index in [1.165, 1.54) is 5.56 Å². The fraction of sp³-hybridized carbons (Fsp3) is 0.562. The molecule has 6 heteroatoms. The van der Waals surface area contributed by atoms with Gasteiger partial charge in [0.2, 0.25) is 5.91 Å². The topological polar surface area (TPSA) is 58.4 Å². The summed E-state index contributed by atoms with van der Waals surface area (Å²) >= 11 is 0. The summed E-state index contributed by atoms with van der Waals surface area (Å²) in [7, 11) is 0. The van der Waals surface area contributed by atoms with Gasteiger partial charge in [0.05, 0.1) is 6.04 Å². The largest absolute Gasteiger partial charge is 0.354 e. The van der Waals surface area contributed by atoms with E-state index in [1.54, 1.807) is 0 Å². The molecule has 2 unspecified atom stereocenters. The highest BCUT2D eigenvalue weighted by molar-refractivity contribution is 5.85. The Kier molecular flexibility index (Phi) is 13.5. The Balaban J connectivity index is 0. The fourth-order valence-corrected chi connectivity index (χ4v) is 2.28. The molecule has 1 aromatic rings. The van der Waals surface area contributed by atoms with Crippen molar-refractivity contribution in [3.8, 4) is 0 Å². The second-order valence-electron chi connectivity index (χ2n) is 5.03. The maximum Gasteiger partial charge on any atom is 0.224 e. The molecule has 128 valence electrons. The van der Waals surface area contributed by atoms with Crippen LogP contribution in [0.4, 0.5) is 0 Å². The minimum Gasteiger partial charge on any atom is -0.354 e. The molecule has 0 aromatic heterocycles. The van der Waals surface area contributed by atoms with Crippen LogP contribution in [0.15, 0.2) is 30.3 Å². The van der Waals surface area contributed by atoms with Crippen LogP contribution in [0.1, 0.15) is 32.4 Å². The van der Waals surface area contributed by atoms with Crippen molar-refractivity contribution in [1.29, 1.82) is 0 Å². The molecule has 0 aliphatic rings. The number of carbonyl (C=O) groups is 1. The molecule has 1 aromatic carbocycles. The first kappa shape index (κ1) is 23.5. The fourth-order valence-electron chi connectivity index (χ4n) is 2.28. The molecular weight excluding hydrogens is 321 g/mol. The van der Waals surface area contributed by atoms with Crippen LogP contribution in [0, 0.1) is 5.92 Å². The molecule has 0 saturated carbocycles. The van der Waals surface area contributed by atoms with Crippen molar-refractivity contribution in [3.05, 3.63) is 35.9 Å². The van der Waals surface area contributed by atoms with Crippen molar-refractivity contribution in [1.82, 2.24) is 10.2 Å². The van der Waals surface area contributed by atoms with E-state index in [0.717, 1.165) is 13.1 Å². The van der Waals surface area contributed by atoms with Gasteiger partial charge in [0.15, 0.2) is 0 Å². The summed E-state index contributed by atoms with van der Waals surface area (Å²) < 4.78 is 0. The lowest BCUT2D eigenvalue weighted by Crippen LogP contribution is -2.41. The number of hydrogen-bond acceptors (Lipinski definition) is 3. The zero-order valence-corrected chi connectivity index (χ0v) is 15.3. The molecule has 22 heavy (non-hydrogen) atoms. The molecule has 0 fully saturated rings. The lowest BCUT2D eigenvalue weighted by atomic mass is 10.0. The van der Waals surface area contributed by atoms with Crippen molar-refractivity contribution in [2.24, 2.45) is 11.7 Å². The summed E-state index contributed by atoms with van der Waals surface area (Å²) in [5.41, 5.74) is 6.76. The van der Waals surface area contributed by atoms with Gasteiger partial charge in [-0.1, -0.05) is 51.1 Å². The van der Waals surface area contributed by atoms with E-state index >= 15 is 0 Å². The molecule has 0 saturated heterocycles. The first-order chi connectivity index (χ1) is 9.63. The Morgan fingerprint density at radius 1 is 1.18 bits per heavy atom. The van der Waals surface area contributed by atoms with Crippen molar-refractivity contribution < 1.29 is 4.79 Å². The lowest BCUT2D eigenvalue weighted by Gasteiger charge is -2.30. The van der Waals surface area contributed by atoms with Crippen LogP contribution in [0.25, 0.3) is 0 Å². The molecule has 1 rings (SSSR count). The number of amides is 1. The quantitative estimate of drug-likeness (QED) is 0.758. The minimum absolute atomic E-state index is 0. The van der Waals surface area contributed by atoms with Gasteiger partial charge in [0.25, 0.3) is 0 Å². The Hall–Kier alpha value is -0.810. The van der Waals surface area contributed by atoms with Gasteiger partial charge in [-0.15, -0.1) is 24.8 Å². The number of carbonyl (C=O) groups excluding carboxylic acids is 1. The maximum atomic E-state index is 11.9. The lowest BCUT2D eigenvalue weighted by molar-refractivity contribution is -0.124. The summed E-state index contributed by atoms with van der Waals surface area (Å²) in [5, 5.41) is 3.02. The molecule has 0 radical (unpaired) electrons. The average molecular weight is 350 g/mol. The van der Waals surface area contributed by atoms with Crippen molar-refractivity contribution in [2.75, 3.05) is 26.2 Å². The van der Waals surface area contributed by atoms with Crippen LogP contribution in [-0.4, -0.2) is 37.0 Å². The van der Waals surface area contributed by atoms with E-state index < -0.39 is 0 Å². The summed E-state index contributed by atoms with van der Waals surface area (Å²) in [4.78, 5) is 14.2. The third-order valence-corrected chi connectivity index (χ3v) is 3.71. The minimum atomic E-state index is -0.136. The highest BCUT2D eigenvalue weighted by atomic mass is 35.5. The van der Waals surface area contributed by atoms with Crippen molar-refractivity contribution in [2.45, 2.75) is 26.8 Å². The summed E-state index contributed by atoms with van der Waals surface area (Å²) in [6.45, 7) is 9.05. The Morgan fingerprint density at radius 2 is 1.73 bits per heavy atom. The number of nitrogens with two attached hydrogens (primary N) is 1. The first-order valence-electron chi connectivity index (χ1n) is 7.40. The molecule has 0 heterocycles. The van der Waals surface area contributed by atoms with Gasteiger partial charge < -0.3 is 11.1 Å². The molecule has 0 aliphatic heterocycles. The highest BCUT2D eigenvalue weighted by Crippen LogP contribution is 2.19. The molecule has 2 atom stereocenters. The van der Waals surface area contributed by atoms with E-state index in [2.05, 4.69) is 36.2 Å². The van der Waals surface area contributed by atoms with Crippen LogP contribution in [0.5, 0.6) is 0 Å². The van der Waals surface area contributed by atoms with Gasteiger partial charge in [0.1, 0.15) is 0 Å². The van der Waals surface area contributed by atoms with Crippen LogP contribution in [-0.2, 0) is 4.79 Å². The molecule has 0 spiro atoms. The van der Waals surface area contributed by atoms with E-state index in [9.17, 15) is 4.79 Å². The van der Waals surface area contributed by atoms with E-state index in [-0.39, 0.29) is 42.7 Å². The zero-order chi connectivity index (χ0) is 15.0. The maximum absolute atomic E-state index is 11.9. The number of likely N-dealkylation sites (N-methyl/N-ethyl adjacent to an activating group) is 1. The van der Waals surface area contributed by atoms with Gasteiger partial charge >= 0.3 is 0 Å². The van der Waals surface area contributed by atoms with Crippen LogP contribution < -0.4 is 11.1 Å². The number of hydrogen-bond donors (Lipinski definition) is 2. The number of halogens is 2. The summed E-state index contributed by atoms with van der Waals surface area (Å²) in [5.74, 6) is -0.108. The van der Waals surface area contributed by atoms with Gasteiger partial charge in [-0.05, 0) is 18.7 Å². The average Bonchev–Trinajstić information content (AvgIpc) is 2.51. The Morgan fingerprint density at radius 3 is 2.18 bits per heavy atom. The normalized spacial score (nSPS) is 12.8. The zero-order valence-electron chi connectivity index (χ0n) is 13.6. The van der Waals surface area contributed by atoms with E-state index in [1.807, 2.05) is 25.1 Å². The number of rotatable bonds is 8. The van der Waals surface area contributed by atoms with Gasteiger partial charge in [0, 0.05) is 19.0 Å². The highest BCUT2D eigenvalue weighted by Gasteiger charge is 2.19. The Bertz CT molecular complexity index is 400. The third-order valence-electron chi connectivity index (χ3n) is 3.71. The van der Waals surface area contributed by atoms with Crippen LogP contribution in [0.2, 0.25) is 0 Å². The van der Waals surface area contributed by atoms with Crippen molar-refractivity contribution >= 4 is 30.7 Å². The standard InChI is InChI=1S/C16H27N3O.2ClH/c1-4-19(5-2)15(14-9-7-6-8-10-14)12-18-16(20)13(3)11-17;;/h6-10,13,15H,4-5,11-12,17H2,1-3H3,(H,18,20);2*1H. The molecule has 3 N–H and O–H groups in total. The van der Waals surface area contributed by atoms with Gasteiger partial charge in [-0.3, -0.25) is 9.69 Å². The van der Waals surface area contributed by atoms with Crippen LogP contribution >= 0.6 is 24.8 Å². The predicted octanol–water partition coefficient (Wildman–Crippen LogP) is 2.62. The SMILES string of the molecule is CCN(CC)C(CNC(=O)C(C)CN)c1ccccc1.Cl.Cl. The molecular formula is C16H29Cl2N3O.